The molecule has 11 heteroatoms. The first-order valence-electron chi connectivity index (χ1n) is 8.41. The summed E-state index contributed by atoms with van der Waals surface area (Å²) in [5.74, 6) is 0.954. The third-order valence-corrected chi connectivity index (χ3v) is 4.53. The maximum absolute atomic E-state index is 12.3. The van der Waals surface area contributed by atoms with E-state index in [1.165, 1.54) is 13.2 Å². The molecule has 0 radical (unpaired) electrons. The van der Waals surface area contributed by atoms with E-state index < -0.39 is 12.8 Å². The van der Waals surface area contributed by atoms with E-state index in [1.54, 1.807) is 30.5 Å². The highest BCUT2D eigenvalue weighted by Crippen LogP contribution is 2.29. The van der Waals surface area contributed by atoms with E-state index in [9.17, 15) is 13.2 Å². The summed E-state index contributed by atoms with van der Waals surface area (Å²) in [6.45, 7) is 1.62. The maximum Gasteiger partial charge on any atom is 0.422 e. The number of aromatic nitrogens is 1. The lowest BCUT2D eigenvalue weighted by atomic mass is 10.2. The fourth-order valence-corrected chi connectivity index (χ4v) is 3.07. The number of halogens is 4. The molecule has 0 saturated carbocycles. The van der Waals surface area contributed by atoms with Crippen molar-refractivity contribution < 1.29 is 22.6 Å². The van der Waals surface area contributed by atoms with E-state index in [0.717, 1.165) is 16.3 Å². The molecule has 0 spiro atoms. The van der Waals surface area contributed by atoms with Crippen LogP contribution in [-0.2, 0) is 13.1 Å². The number of aryl methyl sites for hydroxylation is 1. The minimum absolute atomic E-state index is 0. The van der Waals surface area contributed by atoms with Crippen molar-refractivity contribution in [2.75, 3.05) is 27.8 Å². The van der Waals surface area contributed by atoms with Gasteiger partial charge in [0.05, 0.1) is 24.4 Å². The zero-order chi connectivity index (χ0) is 20.7. The molecule has 6 nitrogen and oxygen atoms in total. The van der Waals surface area contributed by atoms with Gasteiger partial charge in [-0.05, 0) is 24.6 Å². The Bertz CT molecular complexity index is 815. The van der Waals surface area contributed by atoms with Crippen LogP contribution < -0.4 is 14.8 Å². The Labute approximate surface area is 189 Å². The second-order valence-corrected chi connectivity index (χ2v) is 7.07. The van der Waals surface area contributed by atoms with Gasteiger partial charge in [-0.25, -0.2) is 4.98 Å². The minimum atomic E-state index is -4.40. The molecule has 0 atom stereocenters. The molecule has 1 aromatic heterocycles. The van der Waals surface area contributed by atoms with Gasteiger partial charge in [0.2, 0.25) is 0 Å². The number of alkyl halides is 3. The highest BCUT2D eigenvalue weighted by Gasteiger charge is 2.29. The molecule has 0 bridgehead atoms. The Kier molecular flexibility index (Phi) is 9.96. The van der Waals surface area contributed by atoms with Gasteiger partial charge < -0.3 is 19.7 Å². The first kappa shape index (κ1) is 25.3. The second kappa shape index (κ2) is 11.4. The zero-order valence-corrected chi connectivity index (χ0v) is 19.7. The molecule has 162 valence electrons. The molecular weight excluding hydrogens is 520 g/mol. The van der Waals surface area contributed by atoms with Crippen molar-refractivity contribution in [3.8, 4) is 11.5 Å². The molecule has 1 heterocycles. The Morgan fingerprint density at radius 2 is 2.03 bits per heavy atom. The number of ether oxygens (including phenoxy) is 2. The van der Waals surface area contributed by atoms with Crippen molar-refractivity contribution in [3.63, 3.8) is 0 Å². The summed E-state index contributed by atoms with van der Waals surface area (Å²) in [6, 6.07) is 4.78. The monoisotopic (exact) mass is 544 g/mol. The largest absolute Gasteiger partial charge is 0.493 e. The van der Waals surface area contributed by atoms with Gasteiger partial charge in [0.1, 0.15) is 0 Å². The third-order valence-electron chi connectivity index (χ3n) is 3.71. The van der Waals surface area contributed by atoms with Crippen LogP contribution in [0.15, 0.2) is 28.6 Å². The number of methoxy groups -OCH3 is 1. The first-order chi connectivity index (χ1) is 13.2. The van der Waals surface area contributed by atoms with Crippen molar-refractivity contribution in [2.45, 2.75) is 26.2 Å². The molecule has 1 N–H and O–H groups in total. The van der Waals surface area contributed by atoms with Gasteiger partial charge in [-0.3, -0.25) is 4.99 Å². The molecule has 29 heavy (non-hydrogen) atoms. The second-order valence-electron chi connectivity index (χ2n) is 6.00. The van der Waals surface area contributed by atoms with Crippen LogP contribution in [0.3, 0.4) is 0 Å². The fraction of sp³-hybridized carbons (Fsp3) is 0.444. The van der Waals surface area contributed by atoms with Gasteiger partial charge in [0.15, 0.2) is 24.1 Å². The predicted octanol–water partition coefficient (Wildman–Crippen LogP) is 4.23. The van der Waals surface area contributed by atoms with E-state index >= 15 is 0 Å². The van der Waals surface area contributed by atoms with Gasteiger partial charge >= 0.3 is 6.18 Å². The third kappa shape index (κ3) is 8.25. The molecule has 0 unspecified atom stereocenters. The van der Waals surface area contributed by atoms with Gasteiger partial charge in [0.25, 0.3) is 0 Å². The number of rotatable bonds is 7. The lowest BCUT2D eigenvalue weighted by molar-refractivity contribution is -0.153. The SMILES string of the molecule is CN=C(NCc1ccc(OCC(F)(F)F)c(OC)c1)N(C)Cc1csc(C)n1.I. The smallest absolute Gasteiger partial charge is 0.422 e. The topological polar surface area (TPSA) is 59.0 Å². The van der Waals surface area contributed by atoms with Gasteiger partial charge in [-0.2, -0.15) is 13.2 Å². The summed E-state index contributed by atoms with van der Waals surface area (Å²) in [5.41, 5.74) is 1.77. The lowest BCUT2D eigenvalue weighted by Crippen LogP contribution is -2.38. The first-order valence-corrected chi connectivity index (χ1v) is 9.29. The minimum Gasteiger partial charge on any atom is -0.493 e. The summed E-state index contributed by atoms with van der Waals surface area (Å²) < 4.78 is 47.0. The van der Waals surface area contributed by atoms with Crippen molar-refractivity contribution in [3.05, 3.63) is 39.8 Å². The van der Waals surface area contributed by atoms with Crippen molar-refractivity contribution >= 4 is 41.3 Å². The Balaban J connectivity index is 0.00000420. The summed E-state index contributed by atoms with van der Waals surface area (Å²) in [5, 5.41) is 6.22. The van der Waals surface area contributed by atoms with E-state index in [1.807, 2.05) is 24.3 Å². The van der Waals surface area contributed by atoms with E-state index in [4.69, 9.17) is 9.47 Å². The van der Waals surface area contributed by atoms with Crippen LogP contribution in [0.4, 0.5) is 13.2 Å². The van der Waals surface area contributed by atoms with Crippen LogP contribution in [0.2, 0.25) is 0 Å². The number of aliphatic imine (C=N–C) groups is 1. The molecular formula is C18H24F3IN4O2S. The molecule has 1 aromatic carbocycles. The Morgan fingerprint density at radius 1 is 1.31 bits per heavy atom. The summed E-state index contributed by atoms with van der Waals surface area (Å²) in [6.07, 6.45) is -4.40. The summed E-state index contributed by atoms with van der Waals surface area (Å²) in [4.78, 5) is 10.6. The molecule has 0 aliphatic rings. The number of nitrogens with one attached hydrogen (secondary N) is 1. The summed E-state index contributed by atoms with van der Waals surface area (Å²) >= 11 is 1.59. The summed E-state index contributed by atoms with van der Waals surface area (Å²) in [7, 11) is 4.97. The molecule has 0 saturated heterocycles. The molecule has 2 rings (SSSR count). The van der Waals surface area contributed by atoms with Gasteiger partial charge in [-0.15, -0.1) is 35.3 Å². The maximum atomic E-state index is 12.3. The van der Waals surface area contributed by atoms with Crippen molar-refractivity contribution in [1.82, 2.24) is 15.2 Å². The number of thiazole rings is 1. The van der Waals surface area contributed by atoms with E-state index in [-0.39, 0.29) is 35.5 Å². The molecule has 0 amide bonds. The average Bonchev–Trinajstić information content (AvgIpc) is 3.04. The van der Waals surface area contributed by atoms with Crippen LogP contribution in [-0.4, -0.2) is 49.8 Å². The normalized spacial score (nSPS) is 11.6. The molecule has 0 aliphatic heterocycles. The van der Waals surface area contributed by atoms with Gasteiger partial charge in [-0.1, -0.05) is 6.07 Å². The van der Waals surface area contributed by atoms with Crippen molar-refractivity contribution in [2.24, 2.45) is 4.99 Å². The fourth-order valence-electron chi connectivity index (χ4n) is 2.47. The average molecular weight is 544 g/mol. The van der Waals surface area contributed by atoms with Crippen molar-refractivity contribution in [1.29, 1.82) is 0 Å². The van der Waals surface area contributed by atoms with Gasteiger partial charge in [0, 0.05) is 26.0 Å². The molecule has 2 aromatic rings. The lowest BCUT2D eigenvalue weighted by Gasteiger charge is -2.21. The van der Waals surface area contributed by atoms with Crippen LogP contribution in [0.25, 0.3) is 0 Å². The number of hydrogen-bond acceptors (Lipinski definition) is 5. The standard InChI is InChI=1S/C18H23F3N4O2S.HI/c1-12-24-14(10-28-12)9-25(3)17(22-2)23-8-13-5-6-15(16(7-13)26-4)27-11-18(19,20)21;/h5-7,10H,8-9,11H2,1-4H3,(H,22,23);1H. The van der Waals surface area contributed by atoms with Crippen LogP contribution >= 0.6 is 35.3 Å². The Hall–Kier alpha value is -1.76. The van der Waals surface area contributed by atoms with E-state index in [0.29, 0.717) is 19.0 Å². The zero-order valence-electron chi connectivity index (χ0n) is 16.5. The van der Waals surface area contributed by atoms with Crippen LogP contribution in [0, 0.1) is 6.92 Å². The highest BCUT2D eigenvalue weighted by atomic mass is 127. The number of nitrogens with zero attached hydrogens (tertiary/aromatic N) is 3. The molecule has 0 aliphatic carbocycles. The van der Waals surface area contributed by atoms with Crippen LogP contribution in [0.5, 0.6) is 11.5 Å². The number of hydrogen-bond donors (Lipinski definition) is 1. The van der Waals surface area contributed by atoms with E-state index in [2.05, 4.69) is 15.3 Å². The molecule has 0 fully saturated rings. The highest BCUT2D eigenvalue weighted by molar-refractivity contribution is 14.0. The van der Waals surface area contributed by atoms with Crippen LogP contribution in [0.1, 0.15) is 16.3 Å². The predicted molar refractivity (Wildman–Crippen MR) is 118 cm³/mol. The Morgan fingerprint density at radius 3 is 2.59 bits per heavy atom. The quantitative estimate of drug-likeness (QED) is 0.322. The number of guanidine groups is 1. The number of benzene rings is 1.